The Morgan fingerprint density at radius 3 is 2.68 bits per heavy atom. The molecule has 2 aromatic rings. The average molecular weight is 341 g/mol. The van der Waals surface area contributed by atoms with E-state index in [1.807, 2.05) is 41.3 Å². The minimum atomic E-state index is -0.221. The molecule has 0 N–H and O–H groups in total. The van der Waals surface area contributed by atoms with Crippen LogP contribution < -0.4 is 4.74 Å². The second-order valence-electron chi connectivity index (χ2n) is 6.57. The molecule has 1 aliphatic heterocycles. The van der Waals surface area contributed by atoms with Crippen molar-refractivity contribution in [2.24, 2.45) is 0 Å². The van der Waals surface area contributed by atoms with Gasteiger partial charge in [0.15, 0.2) is 0 Å². The van der Waals surface area contributed by atoms with Crippen LogP contribution in [0.1, 0.15) is 36.3 Å². The van der Waals surface area contributed by atoms with Gasteiger partial charge in [-0.2, -0.15) is 0 Å². The quantitative estimate of drug-likeness (QED) is 0.835. The average Bonchev–Trinajstić information content (AvgIpc) is 2.89. The number of hydrogen-bond donors (Lipinski definition) is 0. The standard InChI is InChI=1S/C21H24FNO2/c1-25-20-8-3-2-6-17(20)14-21(24)23-13-5-4-7-18(15-23)16-9-11-19(22)12-10-16/h2-3,6,8-12,18H,4-5,7,13-15H2,1H3. The van der Waals surface area contributed by atoms with Crippen molar-refractivity contribution in [3.05, 3.63) is 65.5 Å². The molecule has 132 valence electrons. The second kappa shape index (κ2) is 8.15. The molecule has 1 saturated heterocycles. The number of rotatable bonds is 4. The van der Waals surface area contributed by atoms with E-state index < -0.39 is 0 Å². The summed E-state index contributed by atoms with van der Waals surface area (Å²) >= 11 is 0. The van der Waals surface area contributed by atoms with E-state index in [4.69, 9.17) is 4.74 Å². The van der Waals surface area contributed by atoms with Gasteiger partial charge in [-0.05, 0) is 36.6 Å². The van der Waals surface area contributed by atoms with Crippen LogP contribution in [-0.2, 0) is 11.2 Å². The Labute approximate surface area is 148 Å². The van der Waals surface area contributed by atoms with Gasteiger partial charge in [0, 0.05) is 24.6 Å². The van der Waals surface area contributed by atoms with Gasteiger partial charge in [-0.15, -0.1) is 0 Å². The molecule has 3 rings (SSSR count). The summed E-state index contributed by atoms with van der Waals surface area (Å²) in [6.45, 7) is 1.48. The second-order valence-corrected chi connectivity index (χ2v) is 6.57. The zero-order valence-electron chi connectivity index (χ0n) is 14.6. The molecule has 1 aliphatic rings. The highest BCUT2D eigenvalue weighted by molar-refractivity contribution is 5.79. The Morgan fingerprint density at radius 2 is 1.92 bits per heavy atom. The maximum Gasteiger partial charge on any atom is 0.227 e. The molecular weight excluding hydrogens is 317 g/mol. The van der Waals surface area contributed by atoms with E-state index in [1.54, 1.807) is 7.11 Å². The summed E-state index contributed by atoms with van der Waals surface area (Å²) in [4.78, 5) is 14.8. The van der Waals surface area contributed by atoms with Crippen molar-refractivity contribution in [2.75, 3.05) is 20.2 Å². The molecule has 0 aliphatic carbocycles. The number of carbonyl (C=O) groups excluding carboxylic acids is 1. The lowest BCUT2D eigenvalue weighted by atomic mass is 9.94. The number of carbonyl (C=O) groups is 1. The number of likely N-dealkylation sites (tertiary alicyclic amines) is 1. The third-order valence-electron chi connectivity index (χ3n) is 4.90. The first-order chi connectivity index (χ1) is 12.2. The number of methoxy groups -OCH3 is 1. The van der Waals surface area contributed by atoms with Crippen LogP contribution in [0.4, 0.5) is 4.39 Å². The molecule has 1 fully saturated rings. The number of para-hydroxylation sites is 1. The van der Waals surface area contributed by atoms with E-state index in [1.165, 1.54) is 12.1 Å². The molecule has 0 saturated carbocycles. The lowest BCUT2D eigenvalue weighted by Crippen LogP contribution is -2.35. The smallest absolute Gasteiger partial charge is 0.227 e. The topological polar surface area (TPSA) is 29.5 Å². The third kappa shape index (κ3) is 4.38. The van der Waals surface area contributed by atoms with Gasteiger partial charge < -0.3 is 9.64 Å². The van der Waals surface area contributed by atoms with Crippen molar-refractivity contribution in [2.45, 2.75) is 31.6 Å². The summed E-state index contributed by atoms with van der Waals surface area (Å²) in [5, 5.41) is 0. The molecule has 1 unspecified atom stereocenters. The summed E-state index contributed by atoms with van der Waals surface area (Å²) in [7, 11) is 1.62. The van der Waals surface area contributed by atoms with Gasteiger partial charge in [-0.1, -0.05) is 36.8 Å². The fourth-order valence-electron chi connectivity index (χ4n) is 3.50. The highest BCUT2D eigenvalue weighted by Gasteiger charge is 2.23. The maximum atomic E-state index is 13.2. The van der Waals surface area contributed by atoms with E-state index in [2.05, 4.69) is 0 Å². The minimum absolute atomic E-state index is 0.124. The fourth-order valence-corrected chi connectivity index (χ4v) is 3.50. The van der Waals surface area contributed by atoms with Gasteiger partial charge in [0.05, 0.1) is 13.5 Å². The lowest BCUT2D eigenvalue weighted by molar-refractivity contribution is -0.130. The van der Waals surface area contributed by atoms with Gasteiger partial charge in [-0.25, -0.2) is 4.39 Å². The van der Waals surface area contributed by atoms with Gasteiger partial charge in [0.25, 0.3) is 0 Å². The van der Waals surface area contributed by atoms with Crippen LogP contribution >= 0.6 is 0 Å². The Kier molecular flexibility index (Phi) is 5.69. The molecule has 3 nitrogen and oxygen atoms in total. The Hall–Kier alpha value is -2.36. The number of ether oxygens (including phenoxy) is 1. The van der Waals surface area contributed by atoms with Crippen LogP contribution in [0.3, 0.4) is 0 Å². The summed E-state index contributed by atoms with van der Waals surface area (Å²) in [5.74, 6) is 0.922. The summed E-state index contributed by atoms with van der Waals surface area (Å²) in [6, 6.07) is 14.3. The first-order valence-corrected chi connectivity index (χ1v) is 8.82. The van der Waals surface area contributed by atoms with Crippen molar-refractivity contribution < 1.29 is 13.9 Å². The molecule has 0 bridgehead atoms. The van der Waals surface area contributed by atoms with Crippen LogP contribution in [0.5, 0.6) is 5.75 Å². The number of amides is 1. The lowest BCUT2D eigenvalue weighted by Gasteiger charge is -2.25. The predicted molar refractivity (Wildman–Crippen MR) is 96.3 cm³/mol. The van der Waals surface area contributed by atoms with Crippen LogP contribution in [0.15, 0.2) is 48.5 Å². The molecule has 1 heterocycles. The minimum Gasteiger partial charge on any atom is -0.496 e. The summed E-state index contributed by atoms with van der Waals surface area (Å²) in [6.07, 6.45) is 3.47. The van der Waals surface area contributed by atoms with Crippen molar-refractivity contribution in [1.29, 1.82) is 0 Å². The Balaban J connectivity index is 1.72. The fraction of sp³-hybridized carbons (Fsp3) is 0.381. The van der Waals surface area contributed by atoms with Gasteiger partial charge >= 0.3 is 0 Å². The highest BCUT2D eigenvalue weighted by atomic mass is 19.1. The molecule has 4 heteroatoms. The Bertz CT molecular complexity index is 714. The van der Waals surface area contributed by atoms with E-state index >= 15 is 0 Å². The van der Waals surface area contributed by atoms with Crippen LogP contribution in [-0.4, -0.2) is 31.0 Å². The largest absolute Gasteiger partial charge is 0.496 e. The summed E-state index contributed by atoms with van der Waals surface area (Å²) in [5.41, 5.74) is 2.02. The number of benzene rings is 2. The first kappa shape index (κ1) is 17.5. The Morgan fingerprint density at radius 1 is 1.16 bits per heavy atom. The van der Waals surface area contributed by atoms with Crippen molar-refractivity contribution in [3.8, 4) is 5.75 Å². The van der Waals surface area contributed by atoms with Crippen LogP contribution in [0, 0.1) is 5.82 Å². The molecule has 0 aromatic heterocycles. The monoisotopic (exact) mass is 341 g/mol. The molecule has 1 atom stereocenters. The van der Waals surface area contributed by atoms with E-state index in [-0.39, 0.29) is 17.6 Å². The van der Waals surface area contributed by atoms with Crippen molar-refractivity contribution in [1.82, 2.24) is 4.90 Å². The molecule has 25 heavy (non-hydrogen) atoms. The van der Waals surface area contributed by atoms with E-state index in [0.717, 1.165) is 42.7 Å². The maximum absolute atomic E-state index is 13.2. The molecular formula is C21H24FNO2. The number of nitrogens with zero attached hydrogens (tertiary/aromatic N) is 1. The highest BCUT2D eigenvalue weighted by Crippen LogP contribution is 2.27. The van der Waals surface area contributed by atoms with Crippen LogP contribution in [0.2, 0.25) is 0 Å². The molecule has 0 spiro atoms. The third-order valence-corrected chi connectivity index (χ3v) is 4.90. The normalized spacial score (nSPS) is 17.8. The zero-order chi connectivity index (χ0) is 17.6. The van der Waals surface area contributed by atoms with Crippen molar-refractivity contribution in [3.63, 3.8) is 0 Å². The number of halogens is 1. The molecule has 0 radical (unpaired) electrons. The van der Waals surface area contributed by atoms with Crippen molar-refractivity contribution >= 4 is 5.91 Å². The molecule has 2 aromatic carbocycles. The van der Waals surface area contributed by atoms with E-state index in [0.29, 0.717) is 13.0 Å². The van der Waals surface area contributed by atoms with Gasteiger partial charge in [0.1, 0.15) is 11.6 Å². The SMILES string of the molecule is COc1ccccc1CC(=O)N1CCCCC(c2ccc(F)cc2)C1. The van der Waals surface area contributed by atoms with Gasteiger partial charge in [-0.3, -0.25) is 4.79 Å². The zero-order valence-corrected chi connectivity index (χ0v) is 14.6. The van der Waals surface area contributed by atoms with Crippen LogP contribution in [0.25, 0.3) is 0 Å². The summed E-state index contributed by atoms with van der Waals surface area (Å²) < 4.78 is 18.5. The van der Waals surface area contributed by atoms with E-state index in [9.17, 15) is 9.18 Å². The number of hydrogen-bond acceptors (Lipinski definition) is 2. The van der Waals surface area contributed by atoms with Gasteiger partial charge in [0.2, 0.25) is 5.91 Å². The predicted octanol–water partition coefficient (Wildman–Crippen LogP) is 4.17. The molecule has 1 amide bonds. The first-order valence-electron chi connectivity index (χ1n) is 8.82.